The highest BCUT2D eigenvalue weighted by Gasteiger charge is 2.21. The second-order valence-electron chi connectivity index (χ2n) is 6.68. The van der Waals surface area contributed by atoms with Crippen LogP contribution in [0.5, 0.6) is 0 Å². The minimum absolute atomic E-state index is 0.000462. The third-order valence-electron chi connectivity index (χ3n) is 4.87. The van der Waals surface area contributed by atoms with Crippen LogP contribution in [0.4, 0.5) is 11.4 Å². The summed E-state index contributed by atoms with van der Waals surface area (Å²) in [6.45, 7) is 0. The third kappa shape index (κ3) is 3.45. The van der Waals surface area contributed by atoms with Crippen molar-refractivity contribution in [2.45, 2.75) is 6.42 Å². The molecule has 0 heterocycles. The van der Waals surface area contributed by atoms with E-state index in [1.165, 1.54) is 24.3 Å². The number of non-ortho nitro benzene ring substituents is 1. The normalized spacial score (nSPS) is 11.3. The lowest BCUT2D eigenvalue weighted by Gasteiger charge is -2.09. The van der Waals surface area contributed by atoms with E-state index in [1.54, 1.807) is 6.07 Å². The van der Waals surface area contributed by atoms with E-state index < -0.39 is 16.8 Å². The van der Waals surface area contributed by atoms with E-state index in [0.29, 0.717) is 5.69 Å². The van der Waals surface area contributed by atoms with Crippen molar-refractivity contribution in [1.82, 2.24) is 0 Å². The minimum atomic E-state index is -0.753. The Bertz CT molecular complexity index is 1170. The molecule has 0 radical (unpaired) electrons. The van der Waals surface area contributed by atoms with Crippen molar-refractivity contribution in [1.29, 1.82) is 0 Å². The van der Waals surface area contributed by atoms with E-state index in [4.69, 9.17) is 0 Å². The third-order valence-corrected chi connectivity index (χ3v) is 4.87. The molecule has 1 N–H and O–H groups in total. The fourth-order valence-electron chi connectivity index (χ4n) is 3.49. The van der Waals surface area contributed by atoms with Crippen molar-refractivity contribution in [2.75, 3.05) is 12.4 Å². The van der Waals surface area contributed by atoms with E-state index >= 15 is 0 Å². The van der Waals surface area contributed by atoms with Crippen LogP contribution in [-0.4, -0.2) is 23.9 Å². The average Bonchev–Trinajstić information content (AvgIpc) is 3.10. The first-order valence-electron chi connectivity index (χ1n) is 8.86. The zero-order chi connectivity index (χ0) is 20.5. The summed E-state index contributed by atoms with van der Waals surface area (Å²) in [5.41, 5.74) is 4.72. The van der Waals surface area contributed by atoms with Crippen LogP contribution in [0.3, 0.4) is 0 Å². The lowest BCUT2D eigenvalue weighted by molar-refractivity contribution is -0.384. The summed E-state index contributed by atoms with van der Waals surface area (Å²) in [6, 6.07) is 17.2. The summed E-state index contributed by atoms with van der Waals surface area (Å²) >= 11 is 0. The molecule has 0 aromatic heterocycles. The molecule has 0 saturated heterocycles. The Kier molecular flexibility index (Phi) is 4.56. The molecular weight excluding hydrogens is 372 g/mol. The molecule has 0 fully saturated rings. The van der Waals surface area contributed by atoms with Crippen LogP contribution >= 0.6 is 0 Å². The number of anilines is 1. The van der Waals surface area contributed by atoms with Gasteiger partial charge in [0.1, 0.15) is 0 Å². The fraction of sp³-hybridized carbons (Fsp3) is 0.0909. The number of nitro groups is 1. The van der Waals surface area contributed by atoms with Crippen LogP contribution in [-0.2, 0) is 11.2 Å². The Labute approximate surface area is 166 Å². The number of esters is 1. The van der Waals surface area contributed by atoms with Gasteiger partial charge < -0.3 is 10.1 Å². The molecule has 0 spiro atoms. The molecule has 0 saturated carbocycles. The average molecular weight is 388 g/mol. The molecular formula is C22H16N2O5. The van der Waals surface area contributed by atoms with Crippen molar-refractivity contribution >= 4 is 23.3 Å². The summed E-state index contributed by atoms with van der Waals surface area (Å²) in [4.78, 5) is 35.0. The maximum Gasteiger partial charge on any atom is 0.338 e. The van der Waals surface area contributed by atoms with Gasteiger partial charge in [-0.25, -0.2) is 4.79 Å². The van der Waals surface area contributed by atoms with Gasteiger partial charge in [-0.3, -0.25) is 14.9 Å². The van der Waals surface area contributed by atoms with Gasteiger partial charge in [0.2, 0.25) is 0 Å². The second-order valence-corrected chi connectivity index (χ2v) is 6.68. The predicted octanol–water partition coefficient (Wildman–Crippen LogP) is 4.20. The number of benzene rings is 3. The first-order valence-corrected chi connectivity index (χ1v) is 8.86. The summed E-state index contributed by atoms with van der Waals surface area (Å²) in [7, 11) is 1.17. The molecule has 0 atom stereocenters. The molecule has 7 heteroatoms. The first-order chi connectivity index (χ1) is 14.0. The van der Waals surface area contributed by atoms with Crippen molar-refractivity contribution in [2.24, 2.45) is 0 Å². The molecule has 7 nitrogen and oxygen atoms in total. The molecule has 3 aromatic rings. The van der Waals surface area contributed by atoms with E-state index in [-0.39, 0.29) is 16.8 Å². The quantitative estimate of drug-likeness (QED) is 0.321. The van der Waals surface area contributed by atoms with Crippen molar-refractivity contribution in [3.63, 3.8) is 0 Å². The minimum Gasteiger partial charge on any atom is -0.465 e. The van der Waals surface area contributed by atoms with Gasteiger partial charge in [0.25, 0.3) is 11.6 Å². The van der Waals surface area contributed by atoms with Gasteiger partial charge in [0.15, 0.2) is 0 Å². The van der Waals surface area contributed by atoms with Gasteiger partial charge in [-0.15, -0.1) is 0 Å². The number of carbonyl (C=O) groups excluding carboxylic acids is 2. The molecule has 0 bridgehead atoms. The highest BCUT2D eigenvalue weighted by Crippen LogP contribution is 2.37. The van der Waals surface area contributed by atoms with E-state index in [0.717, 1.165) is 29.7 Å². The standard InChI is InChI=1S/C22H16N2O5/c1-29-22(26)16-9-15(10-18(11-16)24(27)28)21(25)23-17-7-6-14-8-13-4-2-3-5-19(13)20(14)12-17/h2-7,9-12H,8H2,1H3,(H,23,25). The van der Waals surface area contributed by atoms with Gasteiger partial charge in [0.05, 0.1) is 17.6 Å². The van der Waals surface area contributed by atoms with Crippen LogP contribution in [0.1, 0.15) is 31.8 Å². The van der Waals surface area contributed by atoms with Crippen LogP contribution in [0.25, 0.3) is 11.1 Å². The number of rotatable bonds is 4. The summed E-state index contributed by atoms with van der Waals surface area (Å²) in [5.74, 6) is -1.30. The molecule has 1 aliphatic rings. The van der Waals surface area contributed by atoms with Crippen molar-refractivity contribution in [3.8, 4) is 11.1 Å². The number of carbonyl (C=O) groups is 2. The van der Waals surface area contributed by atoms with E-state index in [9.17, 15) is 19.7 Å². The molecule has 0 unspecified atom stereocenters. The summed E-state index contributed by atoms with van der Waals surface area (Å²) in [6.07, 6.45) is 0.840. The van der Waals surface area contributed by atoms with Crippen LogP contribution in [0, 0.1) is 10.1 Å². The monoisotopic (exact) mass is 388 g/mol. The van der Waals surface area contributed by atoms with Gasteiger partial charge in [-0.2, -0.15) is 0 Å². The lowest BCUT2D eigenvalue weighted by Crippen LogP contribution is -2.14. The zero-order valence-corrected chi connectivity index (χ0v) is 15.5. The Morgan fingerprint density at radius 3 is 2.45 bits per heavy atom. The molecule has 1 aliphatic carbocycles. The highest BCUT2D eigenvalue weighted by atomic mass is 16.6. The summed E-state index contributed by atoms with van der Waals surface area (Å²) in [5, 5.41) is 13.9. The second kappa shape index (κ2) is 7.20. The number of nitro benzene ring substituents is 1. The van der Waals surface area contributed by atoms with E-state index in [2.05, 4.69) is 16.1 Å². The SMILES string of the molecule is COC(=O)c1cc(C(=O)Nc2ccc3c(c2)-c2ccccc2C3)cc([N+](=O)[O-])c1. The maximum absolute atomic E-state index is 12.7. The van der Waals surface area contributed by atoms with Crippen LogP contribution in [0.15, 0.2) is 60.7 Å². The number of nitrogens with one attached hydrogen (secondary N) is 1. The molecule has 1 amide bonds. The lowest BCUT2D eigenvalue weighted by atomic mass is 10.0. The van der Waals surface area contributed by atoms with Crippen molar-refractivity contribution < 1.29 is 19.2 Å². The number of ether oxygens (including phenoxy) is 1. The van der Waals surface area contributed by atoms with Gasteiger partial charge in [0, 0.05) is 23.4 Å². The Morgan fingerprint density at radius 2 is 1.69 bits per heavy atom. The number of methoxy groups -OCH3 is 1. The van der Waals surface area contributed by atoms with Crippen LogP contribution < -0.4 is 5.32 Å². The molecule has 3 aromatic carbocycles. The Hall–Kier alpha value is -4.00. The first kappa shape index (κ1) is 18.4. The Morgan fingerprint density at radius 1 is 0.966 bits per heavy atom. The number of hydrogen-bond acceptors (Lipinski definition) is 5. The smallest absolute Gasteiger partial charge is 0.338 e. The summed E-state index contributed by atoms with van der Waals surface area (Å²) < 4.78 is 4.61. The van der Waals surface area contributed by atoms with Gasteiger partial charge in [-0.1, -0.05) is 30.3 Å². The number of fused-ring (bicyclic) bond motifs is 3. The highest BCUT2D eigenvalue weighted by molar-refractivity contribution is 6.06. The number of amides is 1. The molecule has 29 heavy (non-hydrogen) atoms. The van der Waals surface area contributed by atoms with Gasteiger partial charge in [-0.05, 0) is 46.9 Å². The van der Waals surface area contributed by atoms with Gasteiger partial charge >= 0.3 is 5.97 Å². The van der Waals surface area contributed by atoms with Crippen LogP contribution in [0.2, 0.25) is 0 Å². The maximum atomic E-state index is 12.7. The molecule has 0 aliphatic heterocycles. The topological polar surface area (TPSA) is 98.5 Å². The largest absolute Gasteiger partial charge is 0.465 e. The number of hydrogen-bond donors (Lipinski definition) is 1. The fourth-order valence-corrected chi connectivity index (χ4v) is 3.49. The molecule has 144 valence electrons. The molecule has 4 rings (SSSR count). The zero-order valence-electron chi connectivity index (χ0n) is 15.5. The predicted molar refractivity (Wildman–Crippen MR) is 107 cm³/mol. The number of nitrogens with zero attached hydrogens (tertiary/aromatic N) is 1. The van der Waals surface area contributed by atoms with Crippen molar-refractivity contribution in [3.05, 3.63) is 93.0 Å². The Balaban J connectivity index is 1.65. The van der Waals surface area contributed by atoms with E-state index in [1.807, 2.05) is 30.3 Å².